The molecule has 0 aromatic heterocycles. The van der Waals surface area contributed by atoms with E-state index in [2.05, 4.69) is 10.3 Å². The van der Waals surface area contributed by atoms with Gasteiger partial charge in [0, 0.05) is 18.2 Å². The zero-order valence-electron chi connectivity index (χ0n) is 13.2. The maximum Gasteiger partial charge on any atom is 0.204 e. The van der Waals surface area contributed by atoms with Crippen LogP contribution in [0.5, 0.6) is 11.5 Å². The lowest BCUT2D eigenvalue weighted by Crippen LogP contribution is -2.22. The summed E-state index contributed by atoms with van der Waals surface area (Å²) in [6.45, 7) is 0. The monoisotopic (exact) mass is 389 g/mol. The first-order valence-electron chi connectivity index (χ1n) is 7.40. The number of phenolic OH excluding ortho intramolecular Hbond substituents is 2. The summed E-state index contributed by atoms with van der Waals surface area (Å²) in [6.07, 6.45) is 2.72. The summed E-state index contributed by atoms with van der Waals surface area (Å²) in [5.74, 6) is -0.318. The Hall–Kier alpha value is -2.96. The van der Waals surface area contributed by atoms with E-state index in [9.17, 15) is 15.0 Å². The predicted octanol–water partition coefficient (Wildman–Crippen LogP) is 3.90. The molecule has 3 rings (SSSR count). The van der Waals surface area contributed by atoms with Crippen molar-refractivity contribution in [1.82, 2.24) is 0 Å². The molecule has 0 saturated carbocycles. The number of anilines is 1. The molecule has 0 aliphatic heterocycles. The number of carbonyl (C=O) groups is 1. The number of rotatable bonds is 3. The van der Waals surface area contributed by atoms with Crippen molar-refractivity contribution in [2.75, 3.05) is 5.32 Å². The number of nitrogens with zero attached hydrogens (tertiary/aromatic N) is 1. The molecule has 5 N–H and O–H groups in total. The van der Waals surface area contributed by atoms with Crippen LogP contribution < -0.4 is 11.1 Å². The van der Waals surface area contributed by atoms with Crippen molar-refractivity contribution in [1.29, 1.82) is 0 Å². The Morgan fingerprint density at radius 1 is 0.962 bits per heavy atom. The molecule has 0 amide bonds. The lowest BCUT2D eigenvalue weighted by molar-refractivity contribution is -0.111. The maximum absolute atomic E-state index is 12.2. The van der Waals surface area contributed by atoms with Crippen LogP contribution in [0.2, 0.25) is 10.0 Å². The fourth-order valence-electron chi connectivity index (χ4n) is 2.25. The van der Waals surface area contributed by atoms with Crippen molar-refractivity contribution in [2.45, 2.75) is 0 Å². The van der Waals surface area contributed by atoms with Crippen LogP contribution in [0.4, 0.5) is 11.4 Å². The van der Waals surface area contributed by atoms with Crippen molar-refractivity contribution >= 4 is 46.1 Å². The Morgan fingerprint density at radius 2 is 1.62 bits per heavy atom. The number of hydrogen-bond donors (Lipinski definition) is 4. The summed E-state index contributed by atoms with van der Waals surface area (Å²) in [5.41, 5.74) is 7.44. The molecule has 0 fully saturated rings. The van der Waals surface area contributed by atoms with Crippen molar-refractivity contribution in [3.63, 3.8) is 0 Å². The van der Waals surface area contributed by atoms with Crippen LogP contribution in [0, 0.1) is 0 Å². The minimum atomic E-state index is -0.345. The molecule has 0 atom stereocenters. The molecule has 0 radical (unpaired) electrons. The van der Waals surface area contributed by atoms with Gasteiger partial charge in [-0.2, -0.15) is 0 Å². The lowest BCUT2D eigenvalue weighted by Gasteiger charge is -2.15. The van der Waals surface area contributed by atoms with Crippen molar-refractivity contribution < 1.29 is 15.0 Å². The third-order valence-corrected chi connectivity index (χ3v) is 4.14. The third-order valence-electron chi connectivity index (χ3n) is 3.52. The summed E-state index contributed by atoms with van der Waals surface area (Å²) in [7, 11) is 0. The van der Waals surface area contributed by atoms with Gasteiger partial charge in [-0.15, -0.1) is 0 Å². The van der Waals surface area contributed by atoms with Crippen LogP contribution in [-0.4, -0.2) is 21.7 Å². The van der Waals surface area contributed by atoms with Gasteiger partial charge in [0.15, 0.2) is 0 Å². The van der Waals surface area contributed by atoms with E-state index in [4.69, 9.17) is 28.9 Å². The second kappa shape index (κ2) is 7.11. The van der Waals surface area contributed by atoms with Gasteiger partial charge in [-0.1, -0.05) is 23.2 Å². The number of nitrogens with one attached hydrogen (secondary N) is 1. The maximum atomic E-state index is 12.2. The number of nitrogens with two attached hydrogens (primary N) is 1. The highest BCUT2D eigenvalue weighted by Gasteiger charge is 2.18. The smallest absolute Gasteiger partial charge is 0.204 e. The summed E-state index contributed by atoms with van der Waals surface area (Å²) >= 11 is 12.1. The summed E-state index contributed by atoms with van der Waals surface area (Å²) < 4.78 is 0. The number of ketones is 1. The Bertz CT molecular complexity index is 997. The minimum absolute atomic E-state index is 0.0119. The van der Waals surface area contributed by atoms with E-state index < -0.39 is 0 Å². The number of hydrogen-bond acceptors (Lipinski definition) is 6. The lowest BCUT2D eigenvalue weighted by atomic mass is 10.1. The quantitative estimate of drug-likeness (QED) is 0.470. The van der Waals surface area contributed by atoms with Gasteiger partial charge in [0.2, 0.25) is 5.78 Å². The average molecular weight is 390 g/mol. The van der Waals surface area contributed by atoms with Crippen molar-refractivity contribution in [3.8, 4) is 11.5 Å². The number of aromatic hydroxyl groups is 2. The standard InChI is InChI=1S/C18H13Cl2N3O3/c19-11-5-9(24)1-3-14(11)22-16-8-17(18(26)7-13(16)21)23-15-4-2-10(25)6-12(15)20/h1-8,23-25H,21H2/b22-16+. The first kappa shape index (κ1) is 17.8. The highest BCUT2D eigenvalue weighted by molar-refractivity contribution is 6.34. The molecule has 2 aromatic rings. The second-order valence-corrected chi connectivity index (χ2v) is 6.26. The Morgan fingerprint density at radius 3 is 2.27 bits per heavy atom. The second-order valence-electron chi connectivity index (χ2n) is 5.44. The van der Waals surface area contributed by atoms with Gasteiger partial charge >= 0.3 is 0 Å². The van der Waals surface area contributed by atoms with E-state index >= 15 is 0 Å². The Kier molecular flexibility index (Phi) is 4.88. The molecule has 0 heterocycles. The van der Waals surface area contributed by atoms with Crippen LogP contribution >= 0.6 is 23.2 Å². The molecule has 1 aliphatic carbocycles. The molecule has 0 spiro atoms. The van der Waals surface area contributed by atoms with E-state index in [1.54, 1.807) is 6.07 Å². The van der Waals surface area contributed by atoms with E-state index in [-0.39, 0.29) is 38.7 Å². The van der Waals surface area contributed by atoms with E-state index in [1.165, 1.54) is 42.5 Å². The zero-order chi connectivity index (χ0) is 18.8. The molecule has 0 unspecified atom stereocenters. The SMILES string of the molecule is NC1=CC(=O)C(Nc2ccc(O)cc2Cl)=C/C1=N\c1ccc(O)cc1Cl. The normalized spacial score (nSPS) is 15.6. The number of allylic oxidation sites excluding steroid dienone is 2. The molecule has 8 heteroatoms. The minimum Gasteiger partial charge on any atom is -0.508 e. The number of phenols is 2. The molecule has 26 heavy (non-hydrogen) atoms. The van der Waals surface area contributed by atoms with Crippen LogP contribution in [0.1, 0.15) is 0 Å². The van der Waals surface area contributed by atoms with E-state index in [0.29, 0.717) is 17.1 Å². The number of carbonyl (C=O) groups excluding carboxylic acids is 1. The molecule has 2 aromatic carbocycles. The highest BCUT2D eigenvalue weighted by atomic mass is 35.5. The van der Waals surface area contributed by atoms with Gasteiger partial charge in [0.05, 0.1) is 38.5 Å². The van der Waals surface area contributed by atoms with E-state index in [0.717, 1.165) is 0 Å². The van der Waals surface area contributed by atoms with Gasteiger partial charge in [-0.25, -0.2) is 4.99 Å². The molecular weight excluding hydrogens is 377 g/mol. The van der Waals surface area contributed by atoms with Crippen LogP contribution in [0.15, 0.2) is 64.9 Å². The Balaban J connectivity index is 1.96. The molecule has 1 aliphatic rings. The predicted molar refractivity (Wildman–Crippen MR) is 102 cm³/mol. The van der Waals surface area contributed by atoms with Crippen molar-refractivity contribution in [2.24, 2.45) is 10.7 Å². The van der Waals surface area contributed by atoms with Gasteiger partial charge in [0.25, 0.3) is 0 Å². The summed E-state index contributed by atoms with van der Waals surface area (Å²) in [4.78, 5) is 16.5. The first-order valence-corrected chi connectivity index (χ1v) is 8.15. The topological polar surface area (TPSA) is 108 Å². The molecule has 132 valence electrons. The fraction of sp³-hybridized carbons (Fsp3) is 0. The highest BCUT2D eigenvalue weighted by Crippen LogP contribution is 2.30. The molecule has 6 nitrogen and oxygen atoms in total. The average Bonchev–Trinajstić information content (AvgIpc) is 2.56. The Labute approximate surface area is 158 Å². The molecule has 0 saturated heterocycles. The zero-order valence-corrected chi connectivity index (χ0v) is 14.7. The number of aliphatic imine (C=N–C) groups is 1. The van der Waals surface area contributed by atoms with Gasteiger partial charge in [-0.3, -0.25) is 4.79 Å². The van der Waals surface area contributed by atoms with Crippen LogP contribution in [0.25, 0.3) is 0 Å². The van der Waals surface area contributed by atoms with Crippen molar-refractivity contribution in [3.05, 3.63) is 70.0 Å². The molecule has 0 bridgehead atoms. The third kappa shape index (κ3) is 3.82. The van der Waals surface area contributed by atoms with Gasteiger partial charge in [-0.05, 0) is 30.3 Å². The summed E-state index contributed by atoms with van der Waals surface area (Å²) in [6, 6.07) is 8.67. The van der Waals surface area contributed by atoms with Gasteiger partial charge in [0.1, 0.15) is 11.5 Å². The van der Waals surface area contributed by atoms with Crippen LogP contribution in [0.3, 0.4) is 0 Å². The number of halogens is 2. The first-order chi connectivity index (χ1) is 12.3. The largest absolute Gasteiger partial charge is 0.508 e. The van der Waals surface area contributed by atoms with Gasteiger partial charge < -0.3 is 21.3 Å². The summed E-state index contributed by atoms with van der Waals surface area (Å²) in [5, 5.41) is 22.2. The number of benzene rings is 2. The molecular formula is C18H13Cl2N3O3. The van der Waals surface area contributed by atoms with E-state index in [1.807, 2.05) is 0 Å². The van der Waals surface area contributed by atoms with Crippen LogP contribution in [-0.2, 0) is 4.79 Å². The fourth-order valence-corrected chi connectivity index (χ4v) is 2.68.